The normalized spacial score (nSPS) is 60.1. The SMILES string of the molecule is C=C1C[C@]2(C)CCC[C@@]23[C@H](C)C(O)C[C@@]13C. The van der Waals surface area contributed by atoms with Gasteiger partial charge in [-0.05, 0) is 47.8 Å². The van der Waals surface area contributed by atoms with Gasteiger partial charge in [0.25, 0.3) is 0 Å². The number of aliphatic hydroxyl groups excluding tert-OH is 1. The van der Waals surface area contributed by atoms with Crippen LogP contribution in [0.5, 0.6) is 0 Å². The van der Waals surface area contributed by atoms with Gasteiger partial charge in [0.05, 0.1) is 6.10 Å². The summed E-state index contributed by atoms with van der Waals surface area (Å²) in [5, 5.41) is 10.3. The Morgan fingerprint density at radius 2 is 2.00 bits per heavy atom. The molecule has 1 nitrogen and oxygen atoms in total. The first-order valence-corrected chi connectivity index (χ1v) is 6.74. The smallest absolute Gasteiger partial charge is 0.0580 e. The van der Waals surface area contributed by atoms with Gasteiger partial charge in [-0.2, -0.15) is 0 Å². The monoisotopic (exact) mass is 220 g/mol. The van der Waals surface area contributed by atoms with Crippen molar-refractivity contribution in [2.45, 2.75) is 59.0 Å². The van der Waals surface area contributed by atoms with Crippen LogP contribution in [0.3, 0.4) is 0 Å². The van der Waals surface area contributed by atoms with E-state index in [9.17, 15) is 5.11 Å². The highest BCUT2D eigenvalue weighted by atomic mass is 16.3. The van der Waals surface area contributed by atoms with E-state index in [0.717, 1.165) is 6.42 Å². The quantitative estimate of drug-likeness (QED) is 0.619. The van der Waals surface area contributed by atoms with Crippen molar-refractivity contribution < 1.29 is 5.11 Å². The minimum absolute atomic E-state index is 0.112. The number of hydrogen-bond donors (Lipinski definition) is 1. The van der Waals surface area contributed by atoms with Crippen LogP contribution in [-0.4, -0.2) is 11.2 Å². The molecule has 0 bridgehead atoms. The van der Waals surface area contributed by atoms with Crippen molar-refractivity contribution in [1.82, 2.24) is 0 Å². The van der Waals surface area contributed by atoms with Crippen LogP contribution >= 0.6 is 0 Å². The van der Waals surface area contributed by atoms with Crippen LogP contribution in [0.25, 0.3) is 0 Å². The zero-order valence-corrected chi connectivity index (χ0v) is 10.8. The fraction of sp³-hybridized carbons (Fsp3) is 0.867. The molecule has 3 aliphatic rings. The number of hydrogen-bond acceptors (Lipinski definition) is 1. The van der Waals surface area contributed by atoms with E-state index in [1.807, 2.05) is 0 Å². The molecule has 0 aliphatic heterocycles. The van der Waals surface area contributed by atoms with Gasteiger partial charge in [-0.15, -0.1) is 0 Å². The summed E-state index contributed by atoms with van der Waals surface area (Å²) < 4.78 is 0. The fourth-order valence-corrected chi connectivity index (χ4v) is 5.98. The summed E-state index contributed by atoms with van der Waals surface area (Å²) >= 11 is 0. The van der Waals surface area contributed by atoms with Crippen molar-refractivity contribution in [2.24, 2.45) is 22.2 Å². The van der Waals surface area contributed by atoms with Crippen molar-refractivity contribution in [3.63, 3.8) is 0 Å². The van der Waals surface area contributed by atoms with Crippen LogP contribution < -0.4 is 0 Å². The van der Waals surface area contributed by atoms with Crippen LogP contribution in [0.15, 0.2) is 12.2 Å². The highest BCUT2D eigenvalue weighted by Gasteiger charge is 2.72. The van der Waals surface area contributed by atoms with Crippen molar-refractivity contribution in [2.75, 3.05) is 0 Å². The van der Waals surface area contributed by atoms with Crippen LogP contribution in [-0.2, 0) is 0 Å². The molecule has 0 aromatic heterocycles. The maximum atomic E-state index is 10.3. The van der Waals surface area contributed by atoms with E-state index in [1.165, 1.54) is 31.3 Å². The molecule has 1 N–H and O–H groups in total. The van der Waals surface area contributed by atoms with Gasteiger partial charge in [0, 0.05) is 0 Å². The Bertz CT molecular complexity index is 360. The summed E-state index contributed by atoms with van der Waals surface area (Å²) in [6.07, 6.45) is 6.01. The van der Waals surface area contributed by atoms with E-state index in [2.05, 4.69) is 27.4 Å². The molecule has 16 heavy (non-hydrogen) atoms. The van der Waals surface area contributed by atoms with Crippen molar-refractivity contribution in [1.29, 1.82) is 0 Å². The molecule has 3 aliphatic carbocycles. The van der Waals surface area contributed by atoms with Gasteiger partial charge in [-0.25, -0.2) is 0 Å². The van der Waals surface area contributed by atoms with E-state index in [4.69, 9.17) is 0 Å². The molecule has 0 radical (unpaired) electrons. The molecule has 5 atom stereocenters. The first-order chi connectivity index (χ1) is 7.37. The maximum Gasteiger partial charge on any atom is 0.0580 e. The van der Waals surface area contributed by atoms with Crippen molar-refractivity contribution in [3.05, 3.63) is 12.2 Å². The summed E-state index contributed by atoms with van der Waals surface area (Å²) in [6, 6.07) is 0. The maximum absolute atomic E-state index is 10.3. The fourth-order valence-electron chi connectivity index (χ4n) is 5.98. The van der Waals surface area contributed by atoms with E-state index < -0.39 is 0 Å². The predicted molar refractivity (Wildman–Crippen MR) is 66.0 cm³/mol. The van der Waals surface area contributed by atoms with Crippen LogP contribution in [0.4, 0.5) is 0 Å². The largest absolute Gasteiger partial charge is 0.393 e. The summed E-state index contributed by atoms with van der Waals surface area (Å²) in [4.78, 5) is 0. The zero-order valence-electron chi connectivity index (χ0n) is 10.8. The second-order valence-electron chi connectivity index (χ2n) is 7.06. The molecule has 0 saturated heterocycles. The van der Waals surface area contributed by atoms with Crippen molar-refractivity contribution >= 4 is 0 Å². The van der Waals surface area contributed by atoms with Gasteiger partial charge in [0.1, 0.15) is 0 Å². The van der Waals surface area contributed by atoms with Gasteiger partial charge in [0.15, 0.2) is 0 Å². The van der Waals surface area contributed by atoms with Crippen LogP contribution in [0.1, 0.15) is 52.9 Å². The standard InChI is InChI=1S/C15H24O/c1-10-8-13(3)6-5-7-15(13)11(2)12(16)9-14(10,15)4/h11-12,16H,1,5-9H2,2-4H3/t11-,12?,13+,14+,15-/m1/s1. The Labute approximate surface area is 98.9 Å². The molecule has 3 saturated carbocycles. The Balaban J connectivity index is 2.21. The van der Waals surface area contributed by atoms with E-state index in [1.54, 1.807) is 0 Å². The van der Waals surface area contributed by atoms with Gasteiger partial charge in [-0.3, -0.25) is 0 Å². The predicted octanol–water partition coefficient (Wildman–Crippen LogP) is 3.53. The Morgan fingerprint density at radius 3 is 2.69 bits per heavy atom. The lowest BCUT2D eigenvalue weighted by Crippen LogP contribution is -2.42. The summed E-state index contributed by atoms with van der Waals surface area (Å²) in [7, 11) is 0. The minimum Gasteiger partial charge on any atom is -0.393 e. The molecule has 1 heteroatoms. The molecule has 0 aromatic rings. The second-order valence-corrected chi connectivity index (χ2v) is 7.06. The third-order valence-electron chi connectivity index (χ3n) is 6.72. The van der Waals surface area contributed by atoms with Crippen molar-refractivity contribution in [3.8, 4) is 0 Å². The molecule has 1 spiro atoms. The van der Waals surface area contributed by atoms with E-state index in [0.29, 0.717) is 16.7 Å². The molecule has 0 amide bonds. The molecule has 0 aromatic carbocycles. The molecule has 90 valence electrons. The molecule has 3 rings (SSSR count). The first-order valence-electron chi connectivity index (χ1n) is 6.74. The first kappa shape index (κ1) is 10.8. The summed E-state index contributed by atoms with van der Waals surface area (Å²) in [6.45, 7) is 11.4. The Kier molecular flexibility index (Phi) is 1.86. The minimum atomic E-state index is -0.112. The van der Waals surface area contributed by atoms with Gasteiger partial charge in [-0.1, -0.05) is 39.3 Å². The number of rotatable bonds is 0. The lowest BCUT2D eigenvalue weighted by Gasteiger charge is -2.46. The lowest BCUT2D eigenvalue weighted by atomic mass is 9.57. The number of aliphatic hydroxyl groups is 1. The molecule has 3 fully saturated rings. The molecular weight excluding hydrogens is 196 g/mol. The highest BCUT2D eigenvalue weighted by Crippen LogP contribution is 2.79. The van der Waals surface area contributed by atoms with Crippen LogP contribution in [0.2, 0.25) is 0 Å². The van der Waals surface area contributed by atoms with E-state index in [-0.39, 0.29) is 11.5 Å². The van der Waals surface area contributed by atoms with Crippen LogP contribution in [0, 0.1) is 22.2 Å². The average Bonchev–Trinajstić information content (AvgIpc) is 2.67. The summed E-state index contributed by atoms with van der Waals surface area (Å²) in [5.41, 5.74) is 2.38. The third-order valence-corrected chi connectivity index (χ3v) is 6.72. The summed E-state index contributed by atoms with van der Waals surface area (Å²) in [5.74, 6) is 0.448. The average molecular weight is 220 g/mol. The van der Waals surface area contributed by atoms with Gasteiger partial charge in [0.2, 0.25) is 0 Å². The Morgan fingerprint density at radius 1 is 1.31 bits per heavy atom. The van der Waals surface area contributed by atoms with Gasteiger partial charge < -0.3 is 5.11 Å². The van der Waals surface area contributed by atoms with Gasteiger partial charge >= 0.3 is 0 Å². The molecule has 1 unspecified atom stereocenters. The third kappa shape index (κ3) is 0.827. The zero-order chi connectivity index (χ0) is 11.8. The van der Waals surface area contributed by atoms with E-state index >= 15 is 0 Å². The molecule has 0 heterocycles. The lowest BCUT2D eigenvalue weighted by molar-refractivity contribution is -0.00314. The Hall–Kier alpha value is -0.300. The highest BCUT2D eigenvalue weighted by molar-refractivity contribution is 5.34. The molecular formula is C15H24O. The second kappa shape index (κ2) is 2.75. The number of allylic oxidation sites excluding steroid dienone is 1. The topological polar surface area (TPSA) is 20.2 Å².